The Morgan fingerprint density at radius 3 is 2.81 bits per heavy atom. The molecule has 0 saturated heterocycles. The number of anilines is 1. The SMILES string of the molecule is CCOc1ccc(OCC)c(NC(N)=NCCc2nnc3ccccn23)c1. The zero-order valence-corrected chi connectivity index (χ0v) is 15.6. The first kappa shape index (κ1) is 18.5. The van der Waals surface area contributed by atoms with Gasteiger partial charge in [0.2, 0.25) is 0 Å². The Labute approximate surface area is 158 Å². The lowest BCUT2D eigenvalue weighted by Gasteiger charge is -2.13. The van der Waals surface area contributed by atoms with E-state index in [1.54, 1.807) is 0 Å². The summed E-state index contributed by atoms with van der Waals surface area (Å²) >= 11 is 0. The zero-order chi connectivity index (χ0) is 19.1. The minimum Gasteiger partial charge on any atom is -0.494 e. The van der Waals surface area contributed by atoms with Gasteiger partial charge in [0, 0.05) is 25.2 Å². The normalized spacial score (nSPS) is 11.6. The first-order valence-corrected chi connectivity index (χ1v) is 8.96. The number of aliphatic imine (C=N–C) groups is 1. The fourth-order valence-electron chi connectivity index (χ4n) is 2.66. The molecule has 0 unspecified atom stereocenters. The zero-order valence-electron chi connectivity index (χ0n) is 15.6. The van der Waals surface area contributed by atoms with E-state index in [0.717, 1.165) is 22.9 Å². The smallest absolute Gasteiger partial charge is 0.193 e. The lowest BCUT2D eigenvalue weighted by molar-refractivity contribution is 0.332. The average Bonchev–Trinajstić information content (AvgIpc) is 3.07. The summed E-state index contributed by atoms with van der Waals surface area (Å²) in [7, 11) is 0. The van der Waals surface area contributed by atoms with Crippen molar-refractivity contribution in [3.8, 4) is 11.5 Å². The molecule has 142 valence electrons. The number of fused-ring (bicyclic) bond motifs is 1. The molecule has 8 nitrogen and oxygen atoms in total. The van der Waals surface area contributed by atoms with Gasteiger partial charge in [-0.05, 0) is 38.1 Å². The topological polar surface area (TPSA) is 99.1 Å². The van der Waals surface area contributed by atoms with E-state index in [4.69, 9.17) is 15.2 Å². The predicted octanol–water partition coefficient (Wildman–Crippen LogP) is 2.50. The molecule has 1 aromatic carbocycles. The Morgan fingerprint density at radius 1 is 1.15 bits per heavy atom. The van der Waals surface area contributed by atoms with Crippen LogP contribution in [0, 0.1) is 0 Å². The van der Waals surface area contributed by atoms with E-state index in [1.807, 2.05) is 60.8 Å². The van der Waals surface area contributed by atoms with Gasteiger partial charge in [-0.15, -0.1) is 10.2 Å². The third-order valence-corrected chi connectivity index (χ3v) is 3.83. The molecule has 2 heterocycles. The van der Waals surface area contributed by atoms with Crippen molar-refractivity contribution in [2.24, 2.45) is 10.7 Å². The van der Waals surface area contributed by atoms with Crippen LogP contribution in [-0.2, 0) is 6.42 Å². The van der Waals surface area contributed by atoms with Gasteiger partial charge in [0.05, 0.1) is 18.9 Å². The van der Waals surface area contributed by atoms with E-state index >= 15 is 0 Å². The molecule has 3 rings (SSSR count). The number of hydrogen-bond donors (Lipinski definition) is 2. The van der Waals surface area contributed by atoms with Crippen LogP contribution in [0.2, 0.25) is 0 Å². The van der Waals surface area contributed by atoms with Gasteiger partial charge in [0.1, 0.15) is 17.3 Å². The van der Waals surface area contributed by atoms with Crippen molar-refractivity contribution in [2.45, 2.75) is 20.3 Å². The second-order valence-electron chi connectivity index (χ2n) is 5.71. The van der Waals surface area contributed by atoms with E-state index in [0.29, 0.717) is 37.9 Å². The van der Waals surface area contributed by atoms with E-state index < -0.39 is 0 Å². The number of guanidine groups is 1. The molecule has 3 aromatic rings. The Kier molecular flexibility index (Phi) is 6.09. The Morgan fingerprint density at radius 2 is 2.00 bits per heavy atom. The highest BCUT2D eigenvalue weighted by Gasteiger charge is 2.08. The monoisotopic (exact) mass is 368 g/mol. The van der Waals surface area contributed by atoms with Crippen molar-refractivity contribution in [1.29, 1.82) is 0 Å². The summed E-state index contributed by atoms with van der Waals surface area (Å²) in [6.07, 6.45) is 2.56. The third-order valence-electron chi connectivity index (χ3n) is 3.83. The highest BCUT2D eigenvalue weighted by molar-refractivity contribution is 5.94. The van der Waals surface area contributed by atoms with Crippen LogP contribution in [0.3, 0.4) is 0 Å². The number of aromatic nitrogens is 3. The summed E-state index contributed by atoms with van der Waals surface area (Å²) in [6.45, 7) is 5.50. The van der Waals surface area contributed by atoms with Crippen LogP contribution < -0.4 is 20.5 Å². The molecule has 0 aliphatic heterocycles. The summed E-state index contributed by atoms with van der Waals surface area (Å²) in [4.78, 5) is 4.38. The number of hydrogen-bond acceptors (Lipinski definition) is 5. The summed E-state index contributed by atoms with van der Waals surface area (Å²) in [5.41, 5.74) is 7.58. The molecule has 0 fully saturated rings. The van der Waals surface area contributed by atoms with Gasteiger partial charge in [-0.2, -0.15) is 0 Å². The molecule has 0 atom stereocenters. The van der Waals surface area contributed by atoms with Gasteiger partial charge < -0.3 is 20.5 Å². The summed E-state index contributed by atoms with van der Waals surface area (Å²) in [5, 5.41) is 11.4. The number of pyridine rings is 1. The molecule has 0 aliphatic carbocycles. The number of rotatable bonds is 8. The Balaban J connectivity index is 1.67. The van der Waals surface area contributed by atoms with E-state index in [2.05, 4.69) is 20.5 Å². The first-order valence-electron chi connectivity index (χ1n) is 8.96. The first-order chi connectivity index (χ1) is 13.2. The third kappa shape index (κ3) is 4.66. The van der Waals surface area contributed by atoms with Crippen LogP contribution >= 0.6 is 0 Å². The number of nitrogens with zero attached hydrogens (tertiary/aromatic N) is 4. The molecule has 0 spiro atoms. The van der Waals surface area contributed by atoms with Crippen molar-refractivity contribution < 1.29 is 9.47 Å². The predicted molar refractivity (Wildman–Crippen MR) is 106 cm³/mol. The summed E-state index contributed by atoms with van der Waals surface area (Å²) in [6, 6.07) is 11.4. The van der Waals surface area contributed by atoms with E-state index in [9.17, 15) is 0 Å². The number of nitrogens with two attached hydrogens (primary N) is 1. The minimum atomic E-state index is 0.304. The van der Waals surface area contributed by atoms with Crippen molar-refractivity contribution in [2.75, 3.05) is 25.1 Å². The highest BCUT2D eigenvalue weighted by atomic mass is 16.5. The molecule has 0 saturated carbocycles. The molecule has 27 heavy (non-hydrogen) atoms. The molecule has 2 aromatic heterocycles. The Bertz CT molecular complexity index is 921. The van der Waals surface area contributed by atoms with Gasteiger partial charge in [0.15, 0.2) is 11.6 Å². The van der Waals surface area contributed by atoms with Gasteiger partial charge in [-0.3, -0.25) is 9.39 Å². The molecule has 0 bridgehead atoms. The van der Waals surface area contributed by atoms with Crippen LogP contribution in [0.1, 0.15) is 19.7 Å². The maximum Gasteiger partial charge on any atom is 0.193 e. The molecule has 3 N–H and O–H groups in total. The lowest BCUT2D eigenvalue weighted by atomic mass is 10.2. The van der Waals surface area contributed by atoms with Crippen LogP contribution in [0.15, 0.2) is 47.6 Å². The second kappa shape index (κ2) is 8.88. The quantitative estimate of drug-likeness (QED) is 0.468. The molecule has 8 heteroatoms. The van der Waals surface area contributed by atoms with Crippen molar-refractivity contribution in [3.63, 3.8) is 0 Å². The number of ether oxygens (including phenoxy) is 2. The molecular formula is C19H24N6O2. The summed E-state index contributed by atoms with van der Waals surface area (Å²) < 4.78 is 13.1. The molecule has 0 aliphatic rings. The van der Waals surface area contributed by atoms with Gasteiger partial charge in [-0.25, -0.2) is 0 Å². The highest BCUT2D eigenvalue weighted by Crippen LogP contribution is 2.29. The van der Waals surface area contributed by atoms with Gasteiger partial charge >= 0.3 is 0 Å². The van der Waals surface area contributed by atoms with Gasteiger partial charge in [0.25, 0.3) is 0 Å². The lowest BCUT2D eigenvalue weighted by Crippen LogP contribution is -2.23. The molecular weight excluding hydrogens is 344 g/mol. The van der Waals surface area contributed by atoms with Crippen LogP contribution in [0.4, 0.5) is 5.69 Å². The summed E-state index contributed by atoms with van der Waals surface area (Å²) in [5.74, 6) is 2.59. The van der Waals surface area contributed by atoms with Crippen molar-refractivity contribution in [3.05, 3.63) is 48.4 Å². The van der Waals surface area contributed by atoms with Crippen LogP contribution in [0.25, 0.3) is 5.65 Å². The molecule has 0 radical (unpaired) electrons. The number of nitrogens with one attached hydrogen (secondary N) is 1. The fourth-order valence-corrected chi connectivity index (χ4v) is 2.66. The largest absolute Gasteiger partial charge is 0.494 e. The van der Waals surface area contributed by atoms with Crippen molar-refractivity contribution in [1.82, 2.24) is 14.6 Å². The van der Waals surface area contributed by atoms with Gasteiger partial charge in [-0.1, -0.05) is 6.07 Å². The standard InChI is InChI=1S/C19H24N6O2/c1-3-26-14-8-9-16(27-4-2)15(13-14)22-19(20)21-11-10-18-24-23-17-7-5-6-12-25(17)18/h5-9,12-13H,3-4,10-11H2,1-2H3,(H3,20,21,22). The number of benzene rings is 1. The molecule has 0 amide bonds. The van der Waals surface area contributed by atoms with E-state index in [-0.39, 0.29) is 0 Å². The minimum absolute atomic E-state index is 0.304. The fraction of sp³-hybridized carbons (Fsp3) is 0.316. The van der Waals surface area contributed by atoms with E-state index in [1.165, 1.54) is 0 Å². The van der Waals surface area contributed by atoms with Crippen LogP contribution in [0.5, 0.6) is 11.5 Å². The maximum atomic E-state index is 6.05. The average molecular weight is 368 g/mol. The van der Waals surface area contributed by atoms with Crippen molar-refractivity contribution >= 4 is 17.3 Å². The Hall–Kier alpha value is -3.29. The van der Waals surface area contributed by atoms with Crippen LogP contribution in [-0.4, -0.2) is 40.3 Å². The maximum absolute atomic E-state index is 6.05. The second-order valence-corrected chi connectivity index (χ2v) is 5.71.